The van der Waals surface area contributed by atoms with Crippen molar-refractivity contribution >= 4 is 11.6 Å². The van der Waals surface area contributed by atoms with Gasteiger partial charge >= 0.3 is 0 Å². The molecule has 1 aliphatic rings. The van der Waals surface area contributed by atoms with Gasteiger partial charge < -0.3 is 15.3 Å². The molecule has 19 heavy (non-hydrogen) atoms. The van der Waals surface area contributed by atoms with Crippen molar-refractivity contribution in [2.24, 2.45) is 5.92 Å². The summed E-state index contributed by atoms with van der Waals surface area (Å²) in [6.07, 6.45) is 2.01. The van der Waals surface area contributed by atoms with Crippen LogP contribution in [0.4, 0.5) is 5.69 Å². The van der Waals surface area contributed by atoms with Crippen molar-refractivity contribution in [3.8, 4) is 5.75 Å². The maximum Gasteiger partial charge on any atom is 0.244 e. The van der Waals surface area contributed by atoms with Crippen LogP contribution in [0.25, 0.3) is 0 Å². The van der Waals surface area contributed by atoms with Gasteiger partial charge in [-0.2, -0.15) is 0 Å². The number of rotatable bonds is 3. The lowest BCUT2D eigenvalue weighted by Gasteiger charge is -2.32. The Hall–Kier alpha value is -1.55. The summed E-state index contributed by atoms with van der Waals surface area (Å²) in [5.74, 6) is 0.867. The molecule has 0 saturated carbocycles. The van der Waals surface area contributed by atoms with Gasteiger partial charge in [-0.1, -0.05) is 13.0 Å². The molecule has 1 amide bonds. The Morgan fingerprint density at radius 3 is 2.95 bits per heavy atom. The largest absolute Gasteiger partial charge is 0.508 e. The van der Waals surface area contributed by atoms with Gasteiger partial charge in [-0.15, -0.1) is 0 Å². The van der Waals surface area contributed by atoms with Crippen molar-refractivity contribution in [3.05, 3.63) is 24.3 Å². The van der Waals surface area contributed by atoms with Crippen LogP contribution in [0.5, 0.6) is 5.75 Å². The van der Waals surface area contributed by atoms with E-state index in [1.807, 2.05) is 13.0 Å². The molecule has 0 radical (unpaired) electrons. The minimum atomic E-state index is -0.106. The average Bonchev–Trinajstić information content (AvgIpc) is 2.39. The predicted molar refractivity (Wildman–Crippen MR) is 76.3 cm³/mol. The van der Waals surface area contributed by atoms with Crippen LogP contribution in [0.2, 0.25) is 0 Å². The third-order valence-corrected chi connectivity index (χ3v) is 3.69. The molecular weight excluding hydrogens is 240 g/mol. The number of piperidine rings is 1. The normalized spacial score (nSPS) is 23.1. The summed E-state index contributed by atoms with van der Waals surface area (Å²) in [6.45, 7) is 5.64. The van der Waals surface area contributed by atoms with Crippen LogP contribution in [-0.4, -0.2) is 30.1 Å². The van der Waals surface area contributed by atoms with Gasteiger partial charge in [-0.05, 0) is 44.4 Å². The fourth-order valence-electron chi connectivity index (χ4n) is 2.61. The number of phenolic OH excluding ortho intramolecular Hbond substituents is 1. The lowest BCUT2D eigenvalue weighted by Crippen LogP contribution is -2.50. The van der Waals surface area contributed by atoms with E-state index in [1.54, 1.807) is 23.1 Å². The molecule has 0 spiro atoms. The summed E-state index contributed by atoms with van der Waals surface area (Å²) in [6, 6.07) is 6.76. The van der Waals surface area contributed by atoms with E-state index in [-0.39, 0.29) is 17.7 Å². The molecule has 1 saturated heterocycles. The maximum absolute atomic E-state index is 12.6. The highest BCUT2D eigenvalue weighted by atomic mass is 16.3. The van der Waals surface area contributed by atoms with Crippen LogP contribution < -0.4 is 10.2 Å². The highest BCUT2D eigenvalue weighted by Crippen LogP contribution is 2.23. The second-order valence-electron chi connectivity index (χ2n) is 5.24. The van der Waals surface area contributed by atoms with Gasteiger partial charge in [-0.25, -0.2) is 0 Å². The molecule has 1 aromatic rings. The fourth-order valence-corrected chi connectivity index (χ4v) is 2.61. The number of anilines is 1. The van der Waals surface area contributed by atoms with Gasteiger partial charge in [-0.3, -0.25) is 4.79 Å². The molecule has 1 aromatic carbocycles. The third-order valence-electron chi connectivity index (χ3n) is 3.69. The number of nitrogens with zero attached hydrogens (tertiary/aromatic N) is 1. The van der Waals surface area contributed by atoms with Gasteiger partial charge in [0.1, 0.15) is 5.75 Å². The monoisotopic (exact) mass is 262 g/mol. The smallest absolute Gasteiger partial charge is 0.244 e. The molecule has 1 fully saturated rings. The molecular formula is C15H22N2O2. The first-order valence-corrected chi connectivity index (χ1v) is 6.95. The van der Waals surface area contributed by atoms with E-state index < -0.39 is 0 Å². The number of carbonyl (C=O) groups excluding carboxylic acids is 1. The van der Waals surface area contributed by atoms with E-state index >= 15 is 0 Å². The number of hydrogen-bond donors (Lipinski definition) is 2. The minimum Gasteiger partial charge on any atom is -0.508 e. The van der Waals surface area contributed by atoms with Gasteiger partial charge in [0.05, 0.1) is 6.04 Å². The zero-order valence-corrected chi connectivity index (χ0v) is 11.6. The van der Waals surface area contributed by atoms with Gasteiger partial charge in [0.25, 0.3) is 0 Å². The second-order valence-corrected chi connectivity index (χ2v) is 5.24. The van der Waals surface area contributed by atoms with E-state index in [0.717, 1.165) is 25.1 Å². The zero-order valence-electron chi connectivity index (χ0n) is 11.6. The molecule has 0 aliphatic carbocycles. The van der Waals surface area contributed by atoms with E-state index in [4.69, 9.17) is 0 Å². The summed E-state index contributed by atoms with van der Waals surface area (Å²) >= 11 is 0. The Balaban J connectivity index is 2.15. The summed E-state index contributed by atoms with van der Waals surface area (Å²) in [5.41, 5.74) is 0.757. The minimum absolute atomic E-state index is 0.0969. The molecule has 4 heteroatoms. The molecule has 2 unspecified atom stereocenters. The quantitative estimate of drug-likeness (QED) is 0.877. The second kappa shape index (κ2) is 6.06. The Morgan fingerprint density at radius 2 is 2.32 bits per heavy atom. The Bertz CT molecular complexity index is 448. The number of likely N-dealkylation sites (N-methyl/N-ethyl adjacent to an activating group) is 1. The molecule has 2 atom stereocenters. The number of aromatic hydroxyl groups is 1. The Labute approximate surface area is 114 Å². The van der Waals surface area contributed by atoms with Crippen LogP contribution in [-0.2, 0) is 4.79 Å². The number of nitrogens with one attached hydrogen (secondary N) is 1. The van der Waals surface area contributed by atoms with Crippen molar-refractivity contribution in [2.75, 3.05) is 18.0 Å². The zero-order chi connectivity index (χ0) is 13.8. The lowest BCUT2D eigenvalue weighted by atomic mass is 9.93. The van der Waals surface area contributed by atoms with Gasteiger partial charge in [0.2, 0.25) is 5.91 Å². The summed E-state index contributed by atoms with van der Waals surface area (Å²) in [4.78, 5) is 14.3. The molecule has 0 bridgehead atoms. The molecule has 4 nitrogen and oxygen atoms in total. The van der Waals surface area contributed by atoms with E-state index in [0.29, 0.717) is 12.5 Å². The third kappa shape index (κ3) is 3.26. The van der Waals surface area contributed by atoms with Crippen molar-refractivity contribution in [1.29, 1.82) is 0 Å². The Morgan fingerprint density at radius 1 is 1.53 bits per heavy atom. The first-order chi connectivity index (χ1) is 9.11. The van der Waals surface area contributed by atoms with Crippen LogP contribution >= 0.6 is 0 Å². The number of benzene rings is 1. The van der Waals surface area contributed by atoms with Gasteiger partial charge in [0.15, 0.2) is 0 Å². The Kier molecular flexibility index (Phi) is 4.43. The van der Waals surface area contributed by atoms with E-state index in [1.165, 1.54) is 0 Å². The van der Waals surface area contributed by atoms with Gasteiger partial charge in [0, 0.05) is 18.3 Å². The number of amides is 1. The van der Waals surface area contributed by atoms with Crippen molar-refractivity contribution in [3.63, 3.8) is 0 Å². The predicted octanol–water partition coefficient (Wildman–Crippen LogP) is 2.13. The molecule has 2 rings (SSSR count). The molecule has 2 N–H and O–H groups in total. The highest BCUT2D eigenvalue weighted by Gasteiger charge is 2.28. The fraction of sp³-hybridized carbons (Fsp3) is 0.533. The maximum atomic E-state index is 12.6. The molecule has 1 heterocycles. The summed E-state index contributed by atoms with van der Waals surface area (Å²) < 4.78 is 0. The number of carbonyl (C=O) groups is 1. The SMILES string of the molecule is CCN(C(=O)C1CC(C)CCN1)c1cccc(O)c1. The highest BCUT2D eigenvalue weighted by molar-refractivity contribution is 5.97. The van der Waals surface area contributed by atoms with Crippen molar-refractivity contribution in [2.45, 2.75) is 32.7 Å². The van der Waals surface area contributed by atoms with Crippen LogP contribution in [0.3, 0.4) is 0 Å². The van der Waals surface area contributed by atoms with Crippen LogP contribution in [0, 0.1) is 5.92 Å². The molecule has 1 aliphatic heterocycles. The number of hydrogen-bond acceptors (Lipinski definition) is 3. The standard InChI is InChI=1S/C15H22N2O2/c1-3-17(12-5-4-6-13(18)10-12)15(19)14-9-11(2)7-8-16-14/h4-6,10-11,14,16,18H,3,7-9H2,1-2H3. The summed E-state index contributed by atoms with van der Waals surface area (Å²) in [7, 11) is 0. The van der Waals surface area contributed by atoms with Crippen LogP contribution in [0.1, 0.15) is 26.7 Å². The first-order valence-electron chi connectivity index (χ1n) is 6.95. The van der Waals surface area contributed by atoms with Crippen molar-refractivity contribution < 1.29 is 9.90 Å². The van der Waals surface area contributed by atoms with E-state index in [2.05, 4.69) is 12.2 Å². The number of phenols is 1. The van der Waals surface area contributed by atoms with E-state index in [9.17, 15) is 9.90 Å². The van der Waals surface area contributed by atoms with Crippen LogP contribution in [0.15, 0.2) is 24.3 Å². The molecule has 0 aromatic heterocycles. The summed E-state index contributed by atoms with van der Waals surface area (Å²) in [5, 5.41) is 12.8. The first kappa shape index (κ1) is 13.9. The lowest BCUT2D eigenvalue weighted by molar-refractivity contribution is -0.121. The molecule has 104 valence electrons. The average molecular weight is 262 g/mol. The topological polar surface area (TPSA) is 52.6 Å². The van der Waals surface area contributed by atoms with Crippen molar-refractivity contribution in [1.82, 2.24) is 5.32 Å².